The van der Waals surface area contributed by atoms with Crippen molar-refractivity contribution in [2.75, 3.05) is 13.1 Å². The lowest BCUT2D eigenvalue weighted by Gasteiger charge is -2.37. The SMILES string of the molecule is C[C@H]1CCCN([C@H](c2ccc([N+](=O)[O-])cc2)c2sc3nc(-c4ccco4)nn3c2O)C1. The van der Waals surface area contributed by atoms with Gasteiger partial charge >= 0.3 is 0 Å². The van der Waals surface area contributed by atoms with Crippen molar-refractivity contribution in [2.24, 2.45) is 5.92 Å². The van der Waals surface area contributed by atoms with Gasteiger partial charge in [-0.05, 0) is 43.0 Å². The van der Waals surface area contributed by atoms with E-state index in [4.69, 9.17) is 4.42 Å². The fraction of sp³-hybridized carbons (Fsp3) is 0.333. The predicted octanol–water partition coefficient (Wildman–Crippen LogP) is 4.49. The van der Waals surface area contributed by atoms with Gasteiger partial charge in [0.15, 0.2) is 5.76 Å². The molecule has 0 bridgehead atoms. The van der Waals surface area contributed by atoms with Gasteiger partial charge in [0.05, 0.1) is 22.1 Å². The maximum atomic E-state index is 11.1. The molecule has 1 saturated heterocycles. The minimum atomic E-state index is -0.404. The number of nitro groups is 1. The second kappa shape index (κ2) is 7.78. The number of hydrogen-bond donors (Lipinski definition) is 1. The van der Waals surface area contributed by atoms with Gasteiger partial charge in [-0.3, -0.25) is 15.0 Å². The molecule has 0 unspecified atom stereocenters. The predicted molar refractivity (Wildman–Crippen MR) is 115 cm³/mol. The normalized spacial score (nSPS) is 18.4. The van der Waals surface area contributed by atoms with Crippen molar-refractivity contribution in [3.63, 3.8) is 0 Å². The van der Waals surface area contributed by atoms with E-state index in [1.165, 1.54) is 28.0 Å². The molecule has 1 aliphatic heterocycles. The third-order valence-corrected chi connectivity index (χ3v) is 6.74. The monoisotopic (exact) mass is 439 g/mol. The van der Waals surface area contributed by atoms with E-state index in [0.29, 0.717) is 22.5 Å². The van der Waals surface area contributed by atoms with Crippen LogP contribution in [0.3, 0.4) is 0 Å². The maximum Gasteiger partial charge on any atom is 0.269 e. The molecular formula is C21H21N5O4S. The highest BCUT2D eigenvalue weighted by atomic mass is 32.1. The van der Waals surface area contributed by atoms with Crippen molar-refractivity contribution >= 4 is 22.0 Å². The quantitative estimate of drug-likeness (QED) is 0.360. The standard InChI is InChI=1S/C21H21N5O4S/c1-13-4-2-10-24(12-13)17(14-6-8-15(9-7-14)26(28)29)18-20(27)25-21(31-18)22-19(23-25)16-5-3-11-30-16/h3,5-9,11,13,17,27H,2,4,10,12H2,1H3/t13-,17+/m0/s1. The Balaban J connectivity index is 1.58. The molecule has 4 aromatic rings. The van der Waals surface area contributed by atoms with Crippen LogP contribution in [-0.2, 0) is 0 Å². The molecule has 3 aromatic heterocycles. The molecule has 0 radical (unpaired) electrons. The second-order valence-corrected chi connectivity index (χ2v) is 8.90. The number of aromatic hydroxyl groups is 1. The van der Waals surface area contributed by atoms with E-state index in [1.54, 1.807) is 30.5 Å². The van der Waals surface area contributed by atoms with Crippen molar-refractivity contribution < 1.29 is 14.4 Å². The number of rotatable bonds is 5. The zero-order chi connectivity index (χ0) is 21.5. The lowest BCUT2D eigenvalue weighted by Crippen LogP contribution is -2.37. The van der Waals surface area contributed by atoms with Crippen molar-refractivity contribution in [1.29, 1.82) is 0 Å². The molecule has 0 saturated carbocycles. The molecule has 0 amide bonds. The molecule has 1 fully saturated rings. The highest BCUT2D eigenvalue weighted by molar-refractivity contribution is 7.17. The molecule has 0 spiro atoms. The van der Waals surface area contributed by atoms with Crippen LogP contribution in [0.4, 0.5) is 5.69 Å². The van der Waals surface area contributed by atoms with Crippen LogP contribution in [0.2, 0.25) is 0 Å². The van der Waals surface area contributed by atoms with E-state index in [0.717, 1.165) is 36.4 Å². The summed E-state index contributed by atoms with van der Waals surface area (Å²) in [5.74, 6) is 1.52. The van der Waals surface area contributed by atoms with E-state index in [1.807, 2.05) is 0 Å². The number of nitrogens with zero attached hydrogens (tertiary/aromatic N) is 5. The molecule has 160 valence electrons. The van der Waals surface area contributed by atoms with Crippen LogP contribution in [0.5, 0.6) is 5.88 Å². The average Bonchev–Trinajstić information content (AvgIpc) is 3.48. The van der Waals surface area contributed by atoms with Crippen LogP contribution in [0.15, 0.2) is 47.1 Å². The van der Waals surface area contributed by atoms with Gasteiger partial charge in [-0.2, -0.15) is 9.50 Å². The summed E-state index contributed by atoms with van der Waals surface area (Å²) < 4.78 is 6.80. The van der Waals surface area contributed by atoms with Gasteiger partial charge in [-0.25, -0.2) is 0 Å². The first kappa shape index (κ1) is 19.7. The summed E-state index contributed by atoms with van der Waals surface area (Å²) in [4.78, 5) is 18.8. The molecule has 5 rings (SSSR count). The number of fused-ring (bicyclic) bond motifs is 1. The van der Waals surface area contributed by atoms with Gasteiger partial charge in [-0.15, -0.1) is 5.10 Å². The molecule has 2 atom stereocenters. The molecular weight excluding hydrogens is 418 g/mol. The summed E-state index contributed by atoms with van der Waals surface area (Å²) in [6.07, 6.45) is 3.78. The summed E-state index contributed by atoms with van der Waals surface area (Å²) >= 11 is 1.37. The molecule has 9 nitrogen and oxygen atoms in total. The van der Waals surface area contributed by atoms with Crippen molar-refractivity contribution in [3.8, 4) is 17.5 Å². The van der Waals surface area contributed by atoms with E-state index in [2.05, 4.69) is 21.9 Å². The Hall–Kier alpha value is -3.24. The molecule has 10 heteroatoms. The summed E-state index contributed by atoms with van der Waals surface area (Å²) in [6, 6.07) is 9.86. The summed E-state index contributed by atoms with van der Waals surface area (Å²) in [5.41, 5.74) is 0.940. The van der Waals surface area contributed by atoms with Gasteiger partial charge in [0.1, 0.15) is 0 Å². The number of non-ortho nitro benzene ring substituents is 1. The highest BCUT2D eigenvalue weighted by Crippen LogP contribution is 2.42. The molecule has 4 heterocycles. The van der Waals surface area contributed by atoms with Gasteiger partial charge in [0.2, 0.25) is 16.7 Å². The number of piperidine rings is 1. The minimum absolute atomic E-state index is 0.0342. The fourth-order valence-electron chi connectivity index (χ4n) is 4.21. The Morgan fingerprint density at radius 1 is 1.32 bits per heavy atom. The van der Waals surface area contributed by atoms with E-state index < -0.39 is 4.92 Å². The zero-order valence-electron chi connectivity index (χ0n) is 16.8. The summed E-state index contributed by atoms with van der Waals surface area (Å²) in [5, 5.41) is 26.6. The van der Waals surface area contributed by atoms with Crippen LogP contribution in [0, 0.1) is 16.0 Å². The first-order valence-electron chi connectivity index (χ1n) is 10.1. The second-order valence-electron chi connectivity index (χ2n) is 7.89. The van der Waals surface area contributed by atoms with Crippen molar-refractivity contribution in [2.45, 2.75) is 25.8 Å². The number of benzene rings is 1. The van der Waals surface area contributed by atoms with Gasteiger partial charge in [-0.1, -0.05) is 30.4 Å². The lowest BCUT2D eigenvalue weighted by atomic mass is 9.95. The topological polar surface area (TPSA) is 110 Å². The van der Waals surface area contributed by atoms with Crippen molar-refractivity contribution in [3.05, 3.63) is 63.2 Å². The smallest absolute Gasteiger partial charge is 0.269 e. The number of hydrogen-bond acceptors (Lipinski definition) is 8. The molecule has 1 aromatic carbocycles. The third kappa shape index (κ3) is 3.57. The Bertz CT molecular complexity index is 1210. The largest absolute Gasteiger partial charge is 0.492 e. The van der Waals surface area contributed by atoms with E-state index in [9.17, 15) is 15.2 Å². The number of nitro benzene ring substituents is 1. The highest BCUT2D eigenvalue weighted by Gasteiger charge is 2.32. The lowest BCUT2D eigenvalue weighted by molar-refractivity contribution is -0.384. The zero-order valence-corrected chi connectivity index (χ0v) is 17.7. The fourth-order valence-corrected chi connectivity index (χ4v) is 5.32. The van der Waals surface area contributed by atoms with Crippen LogP contribution in [0.25, 0.3) is 16.5 Å². The maximum absolute atomic E-state index is 11.1. The Labute approximate surface area is 181 Å². The van der Waals surface area contributed by atoms with Crippen molar-refractivity contribution in [1.82, 2.24) is 19.5 Å². The van der Waals surface area contributed by atoms with Gasteiger partial charge < -0.3 is 9.52 Å². The van der Waals surface area contributed by atoms with E-state index in [-0.39, 0.29) is 17.6 Å². The molecule has 31 heavy (non-hydrogen) atoms. The molecule has 1 aliphatic rings. The van der Waals surface area contributed by atoms with Crippen LogP contribution in [0.1, 0.15) is 36.2 Å². The average molecular weight is 439 g/mol. The third-order valence-electron chi connectivity index (χ3n) is 5.66. The van der Waals surface area contributed by atoms with E-state index >= 15 is 0 Å². The number of aromatic nitrogens is 3. The van der Waals surface area contributed by atoms with Gasteiger partial charge in [0.25, 0.3) is 5.69 Å². The number of thiazole rings is 1. The first-order valence-corrected chi connectivity index (χ1v) is 10.9. The number of furan rings is 1. The van der Waals surface area contributed by atoms with Crippen LogP contribution in [-0.4, -0.2) is 42.6 Å². The Morgan fingerprint density at radius 3 is 2.77 bits per heavy atom. The molecule has 1 N–H and O–H groups in total. The van der Waals surface area contributed by atoms with Crippen LogP contribution >= 0.6 is 11.3 Å². The first-order chi connectivity index (χ1) is 15.0. The molecule has 0 aliphatic carbocycles. The Kier molecular flexibility index (Phi) is 4.95. The van der Waals surface area contributed by atoms with Crippen LogP contribution < -0.4 is 0 Å². The minimum Gasteiger partial charge on any atom is -0.492 e. The van der Waals surface area contributed by atoms with Gasteiger partial charge in [0, 0.05) is 18.7 Å². The Morgan fingerprint density at radius 2 is 2.13 bits per heavy atom. The summed E-state index contributed by atoms with van der Waals surface area (Å²) in [7, 11) is 0. The summed E-state index contributed by atoms with van der Waals surface area (Å²) in [6.45, 7) is 3.99. The number of likely N-dealkylation sites (tertiary alicyclic amines) is 1.